The topological polar surface area (TPSA) is 43.8 Å². The van der Waals surface area contributed by atoms with Crippen LogP contribution in [-0.4, -0.2) is 9.55 Å². The van der Waals surface area contributed by atoms with Gasteiger partial charge in [-0.2, -0.15) is 0 Å². The fraction of sp³-hybridized carbons (Fsp3) is 0.308. The smallest absolute Gasteiger partial charge is 0.113 e. The molecule has 0 amide bonds. The third-order valence-corrected chi connectivity index (χ3v) is 2.71. The van der Waals surface area contributed by atoms with E-state index >= 15 is 0 Å². The van der Waals surface area contributed by atoms with Gasteiger partial charge in [0, 0.05) is 30.5 Å². The van der Waals surface area contributed by atoms with Crippen molar-refractivity contribution >= 4 is 5.69 Å². The van der Waals surface area contributed by atoms with Crippen LogP contribution in [0.3, 0.4) is 0 Å². The fourth-order valence-corrected chi connectivity index (χ4v) is 1.82. The summed E-state index contributed by atoms with van der Waals surface area (Å²) in [4.78, 5) is 4.38. The highest BCUT2D eigenvalue weighted by molar-refractivity contribution is 5.47. The average Bonchev–Trinajstić information content (AvgIpc) is 2.69. The minimum atomic E-state index is 0.433. The minimum absolute atomic E-state index is 0.433. The lowest BCUT2D eigenvalue weighted by Gasteiger charge is -2.12. The third-order valence-electron chi connectivity index (χ3n) is 2.71. The SMILES string of the molecule is CC(C)n1ccnc1Cc1ccccc1N. The van der Waals surface area contributed by atoms with E-state index in [1.807, 2.05) is 30.6 Å². The summed E-state index contributed by atoms with van der Waals surface area (Å²) in [5.74, 6) is 1.06. The molecule has 3 nitrogen and oxygen atoms in total. The van der Waals surface area contributed by atoms with Gasteiger partial charge in [-0.05, 0) is 25.5 Å². The Morgan fingerprint density at radius 2 is 2.06 bits per heavy atom. The molecule has 0 aliphatic heterocycles. The molecule has 0 spiro atoms. The van der Waals surface area contributed by atoms with Crippen molar-refractivity contribution in [3.63, 3.8) is 0 Å². The molecule has 0 fully saturated rings. The number of anilines is 1. The molecule has 0 aliphatic rings. The highest BCUT2D eigenvalue weighted by Crippen LogP contribution is 2.17. The van der Waals surface area contributed by atoms with Crippen LogP contribution in [0.15, 0.2) is 36.7 Å². The average molecular weight is 215 g/mol. The summed E-state index contributed by atoms with van der Waals surface area (Å²) in [6.07, 6.45) is 4.64. The summed E-state index contributed by atoms with van der Waals surface area (Å²) in [5.41, 5.74) is 7.90. The second-order valence-corrected chi connectivity index (χ2v) is 4.22. The van der Waals surface area contributed by atoms with Crippen LogP contribution >= 0.6 is 0 Å². The Morgan fingerprint density at radius 3 is 2.75 bits per heavy atom. The van der Waals surface area contributed by atoms with Gasteiger partial charge in [0.1, 0.15) is 5.82 Å². The van der Waals surface area contributed by atoms with Gasteiger partial charge in [-0.15, -0.1) is 0 Å². The molecule has 84 valence electrons. The second-order valence-electron chi connectivity index (χ2n) is 4.22. The molecule has 0 saturated carbocycles. The van der Waals surface area contributed by atoms with E-state index in [0.717, 1.165) is 23.5 Å². The lowest BCUT2D eigenvalue weighted by Crippen LogP contribution is -2.07. The first-order valence-electron chi connectivity index (χ1n) is 5.53. The fourth-order valence-electron chi connectivity index (χ4n) is 1.82. The highest BCUT2D eigenvalue weighted by atomic mass is 15.1. The number of para-hydroxylation sites is 1. The quantitative estimate of drug-likeness (QED) is 0.800. The molecule has 3 heteroatoms. The van der Waals surface area contributed by atoms with Gasteiger partial charge < -0.3 is 10.3 Å². The molecule has 0 aliphatic carbocycles. The minimum Gasteiger partial charge on any atom is -0.398 e. The normalized spacial score (nSPS) is 10.9. The predicted molar refractivity (Wildman–Crippen MR) is 66.3 cm³/mol. The number of hydrogen-bond acceptors (Lipinski definition) is 2. The van der Waals surface area contributed by atoms with Crippen molar-refractivity contribution in [1.29, 1.82) is 0 Å². The molecule has 0 unspecified atom stereocenters. The molecule has 0 atom stereocenters. The van der Waals surface area contributed by atoms with Crippen LogP contribution in [0.25, 0.3) is 0 Å². The summed E-state index contributed by atoms with van der Waals surface area (Å²) >= 11 is 0. The van der Waals surface area contributed by atoms with Crippen molar-refractivity contribution in [2.24, 2.45) is 0 Å². The van der Waals surface area contributed by atoms with E-state index in [1.54, 1.807) is 0 Å². The Balaban J connectivity index is 2.27. The highest BCUT2D eigenvalue weighted by Gasteiger charge is 2.07. The predicted octanol–water partition coefficient (Wildman–Crippen LogP) is 2.64. The molecule has 2 aromatic rings. The van der Waals surface area contributed by atoms with Gasteiger partial charge in [0.05, 0.1) is 0 Å². The van der Waals surface area contributed by atoms with Crippen LogP contribution in [-0.2, 0) is 6.42 Å². The number of nitrogens with zero attached hydrogens (tertiary/aromatic N) is 2. The van der Waals surface area contributed by atoms with E-state index in [1.165, 1.54) is 0 Å². The number of nitrogen functional groups attached to an aromatic ring is 1. The maximum atomic E-state index is 5.93. The van der Waals surface area contributed by atoms with Crippen LogP contribution in [0.4, 0.5) is 5.69 Å². The summed E-state index contributed by atoms with van der Waals surface area (Å²) < 4.78 is 2.17. The van der Waals surface area contributed by atoms with Gasteiger partial charge in [-0.3, -0.25) is 0 Å². The summed E-state index contributed by atoms with van der Waals surface area (Å²) in [5, 5.41) is 0. The maximum Gasteiger partial charge on any atom is 0.113 e. The molecular weight excluding hydrogens is 198 g/mol. The van der Waals surface area contributed by atoms with E-state index in [-0.39, 0.29) is 0 Å². The molecular formula is C13H17N3. The number of aromatic nitrogens is 2. The van der Waals surface area contributed by atoms with Crippen LogP contribution in [0, 0.1) is 0 Å². The zero-order valence-corrected chi connectivity index (χ0v) is 9.72. The van der Waals surface area contributed by atoms with Crippen LogP contribution < -0.4 is 5.73 Å². The standard InChI is InChI=1S/C13H17N3/c1-10(2)16-8-7-15-13(16)9-11-5-3-4-6-12(11)14/h3-8,10H,9,14H2,1-2H3. The van der Waals surface area contributed by atoms with E-state index in [9.17, 15) is 0 Å². The van der Waals surface area contributed by atoms with Crippen molar-refractivity contribution in [2.75, 3.05) is 5.73 Å². The molecule has 1 aromatic heterocycles. The van der Waals surface area contributed by atoms with E-state index in [2.05, 4.69) is 29.5 Å². The number of nitrogens with two attached hydrogens (primary N) is 1. The van der Waals surface area contributed by atoms with Crippen LogP contribution in [0.2, 0.25) is 0 Å². The molecule has 16 heavy (non-hydrogen) atoms. The van der Waals surface area contributed by atoms with Crippen molar-refractivity contribution in [3.8, 4) is 0 Å². The van der Waals surface area contributed by atoms with Gasteiger partial charge in [0.15, 0.2) is 0 Å². The maximum absolute atomic E-state index is 5.93. The number of benzene rings is 1. The van der Waals surface area contributed by atoms with Gasteiger partial charge in [0.25, 0.3) is 0 Å². The number of imidazole rings is 1. The van der Waals surface area contributed by atoms with E-state index in [4.69, 9.17) is 5.73 Å². The Labute approximate surface area is 95.9 Å². The van der Waals surface area contributed by atoms with E-state index < -0.39 is 0 Å². The molecule has 2 N–H and O–H groups in total. The lowest BCUT2D eigenvalue weighted by atomic mass is 10.1. The summed E-state index contributed by atoms with van der Waals surface area (Å²) in [6.45, 7) is 4.30. The Kier molecular flexibility index (Phi) is 2.95. The molecule has 0 radical (unpaired) electrons. The first kappa shape index (κ1) is 10.7. The first-order chi connectivity index (χ1) is 7.68. The van der Waals surface area contributed by atoms with E-state index in [0.29, 0.717) is 6.04 Å². The summed E-state index contributed by atoms with van der Waals surface area (Å²) in [6, 6.07) is 8.37. The number of rotatable bonds is 3. The van der Waals surface area contributed by atoms with Gasteiger partial charge in [-0.25, -0.2) is 4.98 Å². The third kappa shape index (κ3) is 2.08. The lowest BCUT2D eigenvalue weighted by molar-refractivity contribution is 0.575. The van der Waals surface area contributed by atoms with Crippen molar-refractivity contribution in [2.45, 2.75) is 26.3 Å². The Morgan fingerprint density at radius 1 is 1.31 bits per heavy atom. The first-order valence-corrected chi connectivity index (χ1v) is 5.53. The van der Waals surface area contributed by atoms with Crippen molar-refractivity contribution in [1.82, 2.24) is 9.55 Å². The molecule has 1 aromatic carbocycles. The largest absolute Gasteiger partial charge is 0.398 e. The number of hydrogen-bond donors (Lipinski definition) is 1. The summed E-state index contributed by atoms with van der Waals surface area (Å²) in [7, 11) is 0. The van der Waals surface area contributed by atoms with Gasteiger partial charge >= 0.3 is 0 Å². The molecule has 0 bridgehead atoms. The second kappa shape index (κ2) is 4.39. The zero-order chi connectivity index (χ0) is 11.5. The zero-order valence-electron chi connectivity index (χ0n) is 9.72. The Hall–Kier alpha value is -1.77. The molecule has 1 heterocycles. The Bertz CT molecular complexity index is 472. The molecule has 2 rings (SSSR count). The van der Waals surface area contributed by atoms with Crippen LogP contribution in [0.5, 0.6) is 0 Å². The van der Waals surface area contributed by atoms with Crippen LogP contribution in [0.1, 0.15) is 31.3 Å². The van der Waals surface area contributed by atoms with Gasteiger partial charge in [0.2, 0.25) is 0 Å². The molecule has 0 saturated heterocycles. The van der Waals surface area contributed by atoms with Gasteiger partial charge in [-0.1, -0.05) is 18.2 Å². The van der Waals surface area contributed by atoms with Crippen molar-refractivity contribution < 1.29 is 0 Å². The monoisotopic (exact) mass is 215 g/mol. The van der Waals surface area contributed by atoms with Crippen molar-refractivity contribution in [3.05, 3.63) is 48.0 Å².